The van der Waals surface area contributed by atoms with Crippen molar-refractivity contribution in [2.45, 2.75) is 64.3 Å². The summed E-state index contributed by atoms with van der Waals surface area (Å²) in [4.78, 5) is 2.21. The topological polar surface area (TPSA) is 30.9 Å². The number of halogens is 2. The lowest BCUT2D eigenvalue weighted by molar-refractivity contribution is -0.286. The molecule has 2 aliphatic heterocycles. The minimum absolute atomic E-state index is 0.0282. The van der Waals surface area contributed by atoms with Crippen molar-refractivity contribution >= 4 is 5.69 Å². The fraction of sp³-hybridized carbons (Fsp3) is 0.500. The molecule has 0 aliphatic carbocycles. The van der Waals surface area contributed by atoms with E-state index in [1.807, 2.05) is 6.07 Å². The van der Waals surface area contributed by atoms with Crippen LogP contribution < -0.4 is 19.1 Å². The number of hydrogen-bond donors (Lipinski definition) is 0. The third-order valence-corrected chi connectivity index (χ3v) is 5.93. The number of ether oxygens (including phenoxy) is 3. The predicted molar refractivity (Wildman–Crippen MR) is 113 cm³/mol. The van der Waals surface area contributed by atoms with Crippen LogP contribution in [0, 0.1) is 0 Å². The maximum absolute atomic E-state index is 13.4. The molecule has 0 saturated heterocycles. The zero-order valence-electron chi connectivity index (χ0n) is 18.4. The van der Waals surface area contributed by atoms with Gasteiger partial charge in [-0.2, -0.15) is 0 Å². The van der Waals surface area contributed by atoms with Gasteiger partial charge in [0.2, 0.25) is 0 Å². The molecule has 2 heterocycles. The summed E-state index contributed by atoms with van der Waals surface area (Å²) in [5, 5.41) is 0. The minimum Gasteiger partial charge on any atom is -0.486 e. The van der Waals surface area contributed by atoms with Crippen LogP contribution in [0.15, 0.2) is 36.4 Å². The van der Waals surface area contributed by atoms with Crippen molar-refractivity contribution in [3.05, 3.63) is 47.5 Å². The molecule has 4 nitrogen and oxygen atoms in total. The molecule has 0 bridgehead atoms. The van der Waals surface area contributed by atoms with E-state index < -0.39 is 6.29 Å². The Morgan fingerprint density at radius 1 is 0.933 bits per heavy atom. The molecule has 30 heavy (non-hydrogen) atoms. The van der Waals surface area contributed by atoms with E-state index in [1.54, 1.807) is 12.1 Å². The van der Waals surface area contributed by atoms with Crippen molar-refractivity contribution in [3.8, 4) is 17.2 Å². The first-order valence-electron chi connectivity index (χ1n) is 10.3. The molecule has 0 radical (unpaired) electrons. The maximum atomic E-state index is 13.4. The SMILES string of the molecule is CN1CC(CC(C)(C)c2ccc3c(c2)OC(F)(F)O3)Oc2cc(C(C)(C)C)ccc21. The quantitative estimate of drug-likeness (QED) is 0.625. The normalized spacial score (nSPS) is 20.0. The highest BCUT2D eigenvalue weighted by Crippen LogP contribution is 2.44. The third-order valence-electron chi connectivity index (χ3n) is 5.93. The molecule has 0 spiro atoms. The number of fused-ring (bicyclic) bond motifs is 2. The summed E-state index contributed by atoms with van der Waals surface area (Å²) in [6.45, 7) is 11.5. The van der Waals surface area contributed by atoms with Crippen LogP contribution in [0.4, 0.5) is 14.5 Å². The van der Waals surface area contributed by atoms with Crippen molar-refractivity contribution in [1.82, 2.24) is 0 Å². The number of benzene rings is 2. The third kappa shape index (κ3) is 3.92. The average Bonchev–Trinajstić information content (AvgIpc) is 2.93. The molecule has 0 amide bonds. The lowest BCUT2D eigenvalue weighted by Crippen LogP contribution is -2.41. The van der Waals surface area contributed by atoms with Crippen LogP contribution in [-0.2, 0) is 10.8 Å². The Kier molecular flexibility index (Phi) is 4.68. The van der Waals surface area contributed by atoms with Crippen LogP contribution >= 0.6 is 0 Å². The Morgan fingerprint density at radius 2 is 1.57 bits per heavy atom. The van der Waals surface area contributed by atoms with Gasteiger partial charge in [-0.05, 0) is 52.6 Å². The summed E-state index contributed by atoms with van der Waals surface area (Å²) < 4.78 is 42.3. The first-order chi connectivity index (χ1) is 13.8. The zero-order valence-corrected chi connectivity index (χ0v) is 18.4. The van der Waals surface area contributed by atoms with Gasteiger partial charge in [0.15, 0.2) is 11.5 Å². The first-order valence-corrected chi connectivity index (χ1v) is 10.3. The smallest absolute Gasteiger partial charge is 0.486 e. The molecule has 2 aromatic carbocycles. The molecule has 0 saturated carbocycles. The second-order valence-corrected chi connectivity index (χ2v) is 9.97. The van der Waals surface area contributed by atoms with Gasteiger partial charge in [-0.3, -0.25) is 0 Å². The van der Waals surface area contributed by atoms with Crippen molar-refractivity contribution < 1.29 is 23.0 Å². The molecule has 0 N–H and O–H groups in total. The van der Waals surface area contributed by atoms with Crippen LogP contribution in [0.25, 0.3) is 0 Å². The molecule has 0 aromatic heterocycles. The summed E-state index contributed by atoms with van der Waals surface area (Å²) in [5.41, 5.74) is 2.95. The highest BCUT2D eigenvalue weighted by molar-refractivity contribution is 5.61. The van der Waals surface area contributed by atoms with E-state index in [0.29, 0.717) is 0 Å². The van der Waals surface area contributed by atoms with E-state index in [2.05, 4.69) is 74.2 Å². The molecule has 4 rings (SSSR count). The average molecular weight is 417 g/mol. The number of likely N-dealkylation sites (N-methyl/N-ethyl adjacent to an activating group) is 1. The largest absolute Gasteiger partial charge is 0.586 e. The minimum atomic E-state index is -3.60. The Hall–Kier alpha value is -2.50. The first kappa shape index (κ1) is 20.8. The predicted octanol–water partition coefficient (Wildman–Crippen LogP) is 5.87. The van der Waals surface area contributed by atoms with Gasteiger partial charge in [0, 0.05) is 7.05 Å². The van der Waals surface area contributed by atoms with Crippen molar-refractivity contribution in [1.29, 1.82) is 0 Å². The van der Waals surface area contributed by atoms with Crippen molar-refractivity contribution in [2.75, 3.05) is 18.5 Å². The van der Waals surface area contributed by atoms with Gasteiger partial charge >= 0.3 is 6.29 Å². The molecule has 6 heteroatoms. The highest BCUT2D eigenvalue weighted by atomic mass is 19.3. The standard InChI is InChI=1S/C24H29F2NO3/c1-22(2,3)15-7-9-18-20(11-15)28-17(14-27(18)6)13-23(4,5)16-8-10-19-21(12-16)30-24(25,26)29-19/h7-12,17H,13-14H2,1-6H3. The van der Waals surface area contributed by atoms with Crippen LogP contribution in [-0.4, -0.2) is 26.0 Å². The molecule has 1 unspecified atom stereocenters. The van der Waals surface area contributed by atoms with Gasteiger partial charge in [0.25, 0.3) is 0 Å². The van der Waals surface area contributed by atoms with Crippen LogP contribution in [0.3, 0.4) is 0 Å². The van der Waals surface area contributed by atoms with Gasteiger partial charge in [0.1, 0.15) is 11.9 Å². The fourth-order valence-electron chi connectivity index (χ4n) is 4.17. The van der Waals surface area contributed by atoms with E-state index in [-0.39, 0.29) is 28.4 Å². The summed E-state index contributed by atoms with van der Waals surface area (Å²) in [6, 6.07) is 11.4. The molecular weight excluding hydrogens is 388 g/mol. The van der Waals surface area contributed by atoms with Gasteiger partial charge in [-0.25, -0.2) is 0 Å². The summed E-state index contributed by atoms with van der Waals surface area (Å²) in [7, 11) is 2.07. The fourth-order valence-corrected chi connectivity index (χ4v) is 4.17. The molecule has 2 aromatic rings. The van der Waals surface area contributed by atoms with Crippen molar-refractivity contribution in [3.63, 3.8) is 0 Å². The molecule has 1 atom stereocenters. The van der Waals surface area contributed by atoms with Crippen LogP contribution in [0.5, 0.6) is 17.2 Å². The van der Waals surface area contributed by atoms with Gasteiger partial charge in [-0.15, -0.1) is 8.78 Å². The molecule has 0 fully saturated rings. The Labute approximate surface area is 176 Å². The van der Waals surface area contributed by atoms with Crippen LogP contribution in [0.1, 0.15) is 52.2 Å². The Morgan fingerprint density at radius 3 is 2.27 bits per heavy atom. The summed E-state index contributed by atoms with van der Waals surface area (Å²) in [6.07, 6.45) is -2.90. The maximum Gasteiger partial charge on any atom is 0.586 e. The Balaban J connectivity index is 1.55. The van der Waals surface area contributed by atoms with Gasteiger partial charge < -0.3 is 19.1 Å². The Bertz CT molecular complexity index is 965. The summed E-state index contributed by atoms with van der Waals surface area (Å²) >= 11 is 0. The number of anilines is 1. The van der Waals surface area contributed by atoms with Gasteiger partial charge in [-0.1, -0.05) is 46.8 Å². The van der Waals surface area contributed by atoms with E-state index in [4.69, 9.17) is 4.74 Å². The van der Waals surface area contributed by atoms with E-state index >= 15 is 0 Å². The molecular formula is C24H29F2NO3. The zero-order chi connectivity index (χ0) is 21.9. The van der Waals surface area contributed by atoms with Crippen molar-refractivity contribution in [2.24, 2.45) is 0 Å². The number of alkyl halides is 2. The van der Waals surface area contributed by atoms with Gasteiger partial charge in [0.05, 0.1) is 12.2 Å². The van der Waals surface area contributed by atoms with E-state index in [9.17, 15) is 8.78 Å². The second kappa shape index (κ2) is 6.76. The summed E-state index contributed by atoms with van der Waals surface area (Å²) in [5.74, 6) is 1.03. The monoisotopic (exact) mass is 417 g/mol. The highest BCUT2D eigenvalue weighted by Gasteiger charge is 2.44. The number of nitrogens with zero attached hydrogens (tertiary/aromatic N) is 1. The van der Waals surface area contributed by atoms with E-state index in [1.165, 1.54) is 5.56 Å². The number of hydrogen-bond acceptors (Lipinski definition) is 4. The van der Waals surface area contributed by atoms with Crippen LogP contribution in [0.2, 0.25) is 0 Å². The molecule has 2 aliphatic rings. The lowest BCUT2D eigenvalue weighted by Gasteiger charge is -2.38. The lowest BCUT2D eigenvalue weighted by atomic mass is 9.79. The number of rotatable bonds is 3. The molecule has 162 valence electrons. The van der Waals surface area contributed by atoms with E-state index in [0.717, 1.165) is 30.0 Å². The second-order valence-electron chi connectivity index (χ2n) is 9.97.